The Morgan fingerprint density at radius 1 is 0.771 bits per heavy atom. The third-order valence-corrected chi connectivity index (χ3v) is 5.91. The summed E-state index contributed by atoms with van der Waals surface area (Å²) in [7, 11) is 0. The van der Waals surface area contributed by atoms with Crippen molar-refractivity contribution in [3.05, 3.63) is 90.2 Å². The van der Waals surface area contributed by atoms with Gasteiger partial charge in [0.2, 0.25) is 11.8 Å². The maximum Gasteiger partial charge on any atom is 0.257 e. The van der Waals surface area contributed by atoms with Crippen LogP contribution in [0.25, 0.3) is 0 Å². The molecule has 0 bridgehead atoms. The summed E-state index contributed by atoms with van der Waals surface area (Å²) in [4.78, 5) is 39.9. The number of likely N-dealkylation sites (tertiary alicyclic amines) is 1. The summed E-state index contributed by atoms with van der Waals surface area (Å²) in [5.74, 6) is -1.12. The molecule has 1 aliphatic heterocycles. The summed E-state index contributed by atoms with van der Waals surface area (Å²) in [5.41, 5.74) is 1.94. The summed E-state index contributed by atoms with van der Waals surface area (Å²) in [5, 5.41) is 8.47. The van der Waals surface area contributed by atoms with E-state index in [1.54, 1.807) is 24.3 Å². The standard InChI is InChI=1S/C27H27FN4O3/c28-20-10-12-22(13-11-20)30-27(35)23-8-4-5-9-24(23)31-25(33)18-32-16-14-19(15-17-32)26(34)29-21-6-2-1-3-7-21/h1-13,19H,14-18H2,(H,29,34)(H,30,35)(H,31,33). The van der Waals surface area contributed by atoms with Crippen molar-refractivity contribution in [2.75, 3.05) is 35.6 Å². The smallest absolute Gasteiger partial charge is 0.257 e. The lowest BCUT2D eigenvalue weighted by atomic mass is 9.96. The highest BCUT2D eigenvalue weighted by molar-refractivity contribution is 6.10. The molecule has 3 aromatic carbocycles. The molecule has 0 aromatic heterocycles. The van der Waals surface area contributed by atoms with Gasteiger partial charge < -0.3 is 16.0 Å². The van der Waals surface area contributed by atoms with Gasteiger partial charge in [-0.15, -0.1) is 0 Å². The van der Waals surface area contributed by atoms with E-state index in [0.717, 1.165) is 5.69 Å². The van der Waals surface area contributed by atoms with Crippen LogP contribution in [0.3, 0.4) is 0 Å². The Bertz CT molecular complexity index is 1180. The zero-order valence-corrected chi connectivity index (χ0v) is 19.2. The molecule has 1 heterocycles. The quantitative estimate of drug-likeness (QED) is 0.474. The van der Waals surface area contributed by atoms with E-state index in [1.165, 1.54) is 24.3 Å². The molecule has 0 radical (unpaired) electrons. The van der Waals surface area contributed by atoms with E-state index in [9.17, 15) is 18.8 Å². The number of rotatable bonds is 7. The van der Waals surface area contributed by atoms with E-state index >= 15 is 0 Å². The molecule has 8 heteroatoms. The second kappa shape index (κ2) is 11.4. The number of nitrogens with zero attached hydrogens (tertiary/aromatic N) is 1. The van der Waals surface area contributed by atoms with E-state index in [0.29, 0.717) is 42.9 Å². The van der Waals surface area contributed by atoms with Crippen molar-refractivity contribution in [3.63, 3.8) is 0 Å². The maximum atomic E-state index is 13.1. The molecule has 7 nitrogen and oxygen atoms in total. The molecule has 1 saturated heterocycles. The third kappa shape index (κ3) is 6.74. The van der Waals surface area contributed by atoms with Crippen LogP contribution in [0.5, 0.6) is 0 Å². The molecule has 1 aliphatic rings. The first-order valence-electron chi connectivity index (χ1n) is 11.5. The van der Waals surface area contributed by atoms with E-state index in [1.807, 2.05) is 35.2 Å². The van der Waals surface area contributed by atoms with Crippen molar-refractivity contribution in [2.45, 2.75) is 12.8 Å². The third-order valence-electron chi connectivity index (χ3n) is 5.91. The number of hydrogen-bond donors (Lipinski definition) is 3. The molecule has 35 heavy (non-hydrogen) atoms. The topological polar surface area (TPSA) is 90.5 Å². The van der Waals surface area contributed by atoms with Gasteiger partial charge in [0.15, 0.2) is 0 Å². The normalized spacial score (nSPS) is 14.2. The van der Waals surface area contributed by atoms with Crippen molar-refractivity contribution in [3.8, 4) is 0 Å². The predicted octanol–water partition coefficient (Wildman–Crippen LogP) is 4.37. The molecule has 0 atom stereocenters. The van der Waals surface area contributed by atoms with Crippen LogP contribution in [0.15, 0.2) is 78.9 Å². The van der Waals surface area contributed by atoms with Crippen molar-refractivity contribution in [2.24, 2.45) is 5.92 Å². The fourth-order valence-corrected chi connectivity index (χ4v) is 4.03. The molecular weight excluding hydrogens is 447 g/mol. The Morgan fingerprint density at radius 3 is 2.11 bits per heavy atom. The van der Waals surface area contributed by atoms with Crippen LogP contribution in [0.2, 0.25) is 0 Å². The second-order valence-electron chi connectivity index (χ2n) is 8.46. The number of amides is 3. The van der Waals surface area contributed by atoms with Gasteiger partial charge in [0, 0.05) is 17.3 Å². The number of anilines is 3. The molecule has 180 valence electrons. The highest BCUT2D eigenvalue weighted by atomic mass is 19.1. The van der Waals surface area contributed by atoms with Crippen LogP contribution in [-0.4, -0.2) is 42.3 Å². The van der Waals surface area contributed by atoms with Crippen molar-refractivity contribution in [1.29, 1.82) is 0 Å². The number of benzene rings is 3. The van der Waals surface area contributed by atoms with Crippen molar-refractivity contribution in [1.82, 2.24) is 4.90 Å². The van der Waals surface area contributed by atoms with Gasteiger partial charge in [-0.1, -0.05) is 30.3 Å². The summed E-state index contributed by atoms with van der Waals surface area (Å²) in [6, 6.07) is 21.6. The van der Waals surface area contributed by atoms with Gasteiger partial charge in [-0.25, -0.2) is 4.39 Å². The first-order valence-corrected chi connectivity index (χ1v) is 11.5. The molecule has 0 unspecified atom stereocenters. The Hall–Kier alpha value is -4.04. The van der Waals surface area contributed by atoms with Crippen LogP contribution in [0.1, 0.15) is 23.2 Å². The van der Waals surface area contributed by atoms with Crippen LogP contribution < -0.4 is 16.0 Å². The van der Waals surface area contributed by atoms with Crippen LogP contribution in [-0.2, 0) is 9.59 Å². The minimum atomic E-state index is -0.405. The van der Waals surface area contributed by atoms with Gasteiger partial charge in [-0.2, -0.15) is 0 Å². The van der Waals surface area contributed by atoms with Crippen LogP contribution in [0, 0.1) is 11.7 Å². The largest absolute Gasteiger partial charge is 0.326 e. The Kier molecular flexibility index (Phi) is 7.84. The zero-order chi connectivity index (χ0) is 24.6. The highest BCUT2D eigenvalue weighted by Gasteiger charge is 2.26. The van der Waals surface area contributed by atoms with Gasteiger partial charge in [0.25, 0.3) is 5.91 Å². The average Bonchev–Trinajstić information content (AvgIpc) is 2.86. The molecule has 0 saturated carbocycles. The molecule has 3 aromatic rings. The average molecular weight is 475 g/mol. The van der Waals surface area contributed by atoms with Gasteiger partial charge in [0.1, 0.15) is 5.82 Å². The van der Waals surface area contributed by atoms with Gasteiger partial charge >= 0.3 is 0 Å². The highest BCUT2D eigenvalue weighted by Crippen LogP contribution is 2.21. The van der Waals surface area contributed by atoms with Crippen molar-refractivity contribution >= 4 is 34.8 Å². The first-order chi connectivity index (χ1) is 17.0. The monoisotopic (exact) mass is 474 g/mol. The van der Waals surface area contributed by atoms with Gasteiger partial charge in [-0.05, 0) is 74.5 Å². The SMILES string of the molecule is O=C(CN1CCC(C(=O)Nc2ccccc2)CC1)Nc1ccccc1C(=O)Nc1ccc(F)cc1. The minimum Gasteiger partial charge on any atom is -0.326 e. The van der Waals surface area contributed by atoms with Crippen LogP contribution >= 0.6 is 0 Å². The fraction of sp³-hybridized carbons (Fsp3) is 0.222. The summed E-state index contributed by atoms with van der Waals surface area (Å²) >= 11 is 0. The second-order valence-corrected chi connectivity index (χ2v) is 8.46. The van der Waals surface area contributed by atoms with E-state index in [-0.39, 0.29) is 24.3 Å². The number of piperidine rings is 1. The number of carbonyl (C=O) groups is 3. The Balaban J connectivity index is 1.28. The lowest BCUT2D eigenvalue weighted by Crippen LogP contribution is -2.41. The summed E-state index contributed by atoms with van der Waals surface area (Å²) in [6.45, 7) is 1.43. The number of carbonyl (C=O) groups excluding carboxylic acids is 3. The summed E-state index contributed by atoms with van der Waals surface area (Å²) < 4.78 is 13.1. The lowest BCUT2D eigenvalue weighted by Gasteiger charge is -2.30. The van der Waals surface area contributed by atoms with E-state index in [4.69, 9.17) is 0 Å². The lowest BCUT2D eigenvalue weighted by molar-refractivity contribution is -0.121. The Labute approximate surface area is 203 Å². The molecular formula is C27H27FN4O3. The van der Waals surface area contributed by atoms with Crippen LogP contribution in [0.4, 0.5) is 21.5 Å². The van der Waals surface area contributed by atoms with Crippen molar-refractivity contribution < 1.29 is 18.8 Å². The van der Waals surface area contributed by atoms with Gasteiger partial charge in [-0.3, -0.25) is 19.3 Å². The molecule has 0 aliphatic carbocycles. The predicted molar refractivity (Wildman–Crippen MR) is 134 cm³/mol. The zero-order valence-electron chi connectivity index (χ0n) is 19.2. The van der Waals surface area contributed by atoms with E-state index < -0.39 is 11.7 Å². The van der Waals surface area contributed by atoms with Gasteiger partial charge in [0.05, 0.1) is 17.8 Å². The minimum absolute atomic E-state index is 0.00129. The maximum absolute atomic E-state index is 13.1. The molecule has 0 spiro atoms. The molecule has 3 N–H and O–H groups in total. The Morgan fingerprint density at radius 2 is 1.40 bits per heavy atom. The van der Waals surface area contributed by atoms with E-state index in [2.05, 4.69) is 16.0 Å². The molecule has 1 fully saturated rings. The fourth-order valence-electron chi connectivity index (χ4n) is 4.03. The molecule has 3 amide bonds. The molecule has 4 rings (SSSR count). The number of halogens is 1. The summed E-state index contributed by atoms with van der Waals surface area (Å²) in [6.07, 6.45) is 1.34. The number of para-hydroxylation sites is 2. The number of hydrogen-bond acceptors (Lipinski definition) is 4. The first kappa shape index (κ1) is 24.1. The number of nitrogens with one attached hydrogen (secondary N) is 3.